The second-order valence-electron chi connectivity index (χ2n) is 4.14. The fourth-order valence-corrected chi connectivity index (χ4v) is 3.90. The van der Waals surface area contributed by atoms with Crippen LogP contribution < -0.4 is 5.32 Å². The zero-order valence-corrected chi connectivity index (χ0v) is 13.5. The van der Waals surface area contributed by atoms with E-state index < -0.39 is 0 Å². The number of nitrogens with zero attached hydrogens (tertiary/aromatic N) is 1. The third kappa shape index (κ3) is 4.49. The molecule has 2 aromatic rings. The number of benzene rings is 1. The van der Waals surface area contributed by atoms with E-state index in [1.165, 1.54) is 14.8 Å². The van der Waals surface area contributed by atoms with Crippen molar-refractivity contribution in [1.29, 1.82) is 0 Å². The lowest BCUT2D eigenvalue weighted by molar-refractivity contribution is 0.731. The third-order valence-electron chi connectivity index (χ3n) is 2.63. The summed E-state index contributed by atoms with van der Waals surface area (Å²) in [5.74, 6) is 0.901. The number of aryl methyl sites for hydroxylation is 1. The van der Waals surface area contributed by atoms with E-state index in [9.17, 15) is 0 Å². The molecule has 102 valence electrons. The maximum Gasteiger partial charge on any atom is 0.103 e. The van der Waals surface area contributed by atoms with Gasteiger partial charge in [-0.05, 0) is 31.7 Å². The number of thiazole rings is 1. The first-order chi connectivity index (χ1) is 9.19. The molecule has 0 bridgehead atoms. The van der Waals surface area contributed by atoms with Gasteiger partial charge in [-0.1, -0.05) is 24.6 Å². The summed E-state index contributed by atoms with van der Waals surface area (Å²) in [7, 11) is 0. The van der Waals surface area contributed by atoms with Crippen LogP contribution in [0.1, 0.15) is 22.5 Å². The van der Waals surface area contributed by atoms with Crippen molar-refractivity contribution in [2.45, 2.75) is 31.0 Å². The molecule has 0 atom stereocenters. The molecule has 0 saturated heterocycles. The molecule has 0 unspecified atom stereocenters. The Hall–Kier alpha value is -0.550. The predicted molar refractivity (Wildman–Crippen MR) is 85.2 cm³/mol. The highest BCUT2D eigenvalue weighted by atomic mass is 35.5. The molecule has 1 heterocycles. The van der Waals surface area contributed by atoms with E-state index in [1.807, 2.05) is 18.2 Å². The number of rotatable bonds is 6. The van der Waals surface area contributed by atoms with Gasteiger partial charge in [0, 0.05) is 21.3 Å². The molecule has 0 spiro atoms. The Balaban J connectivity index is 1.96. The molecule has 5 heteroatoms. The summed E-state index contributed by atoms with van der Waals surface area (Å²) >= 11 is 9.55. The quantitative estimate of drug-likeness (QED) is 0.795. The van der Waals surface area contributed by atoms with Crippen molar-refractivity contribution in [1.82, 2.24) is 10.3 Å². The summed E-state index contributed by atoms with van der Waals surface area (Å²) in [6.45, 7) is 6.11. The van der Waals surface area contributed by atoms with Gasteiger partial charge in [0.15, 0.2) is 0 Å². The van der Waals surface area contributed by atoms with Crippen LogP contribution in [0.25, 0.3) is 0 Å². The number of nitrogens with one attached hydrogen (secondary N) is 1. The summed E-state index contributed by atoms with van der Waals surface area (Å²) in [5.41, 5.74) is 1.15. The predicted octanol–water partition coefficient (Wildman–Crippen LogP) is 4.51. The van der Waals surface area contributed by atoms with Gasteiger partial charge in [0.05, 0.1) is 11.4 Å². The summed E-state index contributed by atoms with van der Waals surface area (Å²) < 4.78 is 0. The van der Waals surface area contributed by atoms with E-state index in [-0.39, 0.29) is 0 Å². The third-order valence-corrected chi connectivity index (χ3v) is 5.21. The lowest BCUT2D eigenvalue weighted by Crippen LogP contribution is -2.11. The smallest absolute Gasteiger partial charge is 0.103 e. The van der Waals surface area contributed by atoms with E-state index >= 15 is 0 Å². The Morgan fingerprint density at radius 1 is 1.42 bits per heavy atom. The minimum absolute atomic E-state index is 0.785. The maximum atomic E-state index is 5.98. The molecule has 0 aliphatic rings. The van der Waals surface area contributed by atoms with E-state index in [0.717, 1.165) is 29.6 Å². The molecule has 2 rings (SSSR count). The van der Waals surface area contributed by atoms with Crippen LogP contribution in [0.15, 0.2) is 29.2 Å². The van der Waals surface area contributed by atoms with Crippen LogP contribution in [0, 0.1) is 6.92 Å². The minimum Gasteiger partial charge on any atom is -0.312 e. The van der Waals surface area contributed by atoms with Crippen molar-refractivity contribution in [2.24, 2.45) is 0 Å². The van der Waals surface area contributed by atoms with Crippen LogP contribution in [0.2, 0.25) is 5.02 Å². The summed E-state index contributed by atoms with van der Waals surface area (Å²) in [6, 6.07) is 7.95. The van der Waals surface area contributed by atoms with Gasteiger partial charge in [-0.2, -0.15) is 0 Å². The molecule has 1 aromatic carbocycles. The van der Waals surface area contributed by atoms with Gasteiger partial charge >= 0.3 is 0 Å². The van der Waals surface area contributed by atoms with Crippen molar-refractivity contribution < 1.29 is 0 Å². The minimum atomic E-state index is 0.785. The topological polar surface area (TPSA) is 24.9 Å². The Kier molecular flexibility index (Phi) is 5.70. The Bertz CT molecular complexity index is 540. The molecule has 0 fully saturated rings. The molecule has 0 aliphatic carbocycles. The monoisotopic (exact) mass is 312 g/mol. The summed E-state index contributed by atoms with van der Waals surface area (Å²) in [4.78, 5) is 7.15. The fraction of sp³-hybridized carbons (Fsp3) is 0.357. The number of halogens is 1. The second kappa shape index (κ2) is 7.29. The average molecular weight is 313 g/mol. The molecule has 1 N–H and O–H groups in total. The van der Waals surface area contributed by atoms with Crippen LogP contribution in [0.4, 0.5) is 0 Å². The van der Waals surface area contributed by atoms with Gasteiger partial charge in [0.1, 0.15) is 5.01 Å². The molecule has 1 aromatic heterocycles. The normalized spacial score (nSPS) is 10.9. The highest BCUT2D eigenvalue weighted by Gasteiger charge is 2.07. The lowest BCUT2D eigenvalue weighted by atomic mass is 10.4. The SMILES string of the molecule is CCNCc1sc(CSc2cccc(Cl)c2)nc1C. The standard InChI is InChI=1S/C14H17ClN2S2/c1-3-16-8-13-10(2)17-14(19-13)9-18-12-6-4-5-11(15)7-12/h4-7,16H,3,8-9H2,1-2H3. The molecular formula is C14H17ClN2S2. The van der Waals surface area contributed by atoms with E-state index in [0.29, 0.717) is 0 Å². The highest BCUT2D eigenvalue weighted by molar-refractivity contribution is 7.98. The molecule has 0 radical (unpaired) electrons. The zero-order valence-electron chi connectivity index (χ0n) is 11.1. The van der Waals surface area contributed by atoms with Gasteiger partial charge in [0.2, 0.25) is 0 Å². The van der Waals surface area contributed by atoms with Crippen molar-refractivity contribution in [3.63, 3.8) is 0 Å². The molecule has 19 heavy (non-hydrogen) atoms. The molecule has 0 aliphatic heterocycles. The lowest BCUT2D eigenvalue weighted by Gasteiger charge is -1.99. The van der Waals surface area contributed by atoms with E-state index in [2.05, 4.69) is 30.2 Å². The first-order valence-electron chi connectivity index (χ1n) is 6.23. The van der Waals surface area contributed by atoms with Crippen LogP contribution in [-0.2, 0) is 12.3 Å². The Morgan fingerprint density at radius 2 is 2.26 bits per heavy atom. The van der Waals surface area contributed by atoms with Crippen molar-refractivity contribution in [3.05, 3.63) is 44.9 Å². The fourth-order valence-electron chi connectivity index (χ4n) is 1.65. The second-order valence-corrected chi connectivity index (χ2v) is 6.80. The van der Waals surface area contributed by atoms with Crippen LogP contribution in [0.5, 0.6) is 0 Å². The molecule has 0 saturated carbocycles. The molecular weight excluding hydrogens is 296 g/mol. The van der Waals surface area contributed by atoms with E-state index in [1.54, 1.807) is 23.1 Å². The maximum absolute atomic E-state index is 5.98. The first-order valence-corrected chi connectivity index (χ1v) is 8.41. The van der Waals surface area contributed by atoms with Crippen LogP contribution in [0.3, 0.4) is 0 Å². The van der Waals surface area contributed by atoms with Gasteiger partial charge in [0.25, 0.3) is 0 Å². The number of hydrogen-bond acceptors (Lipinski definition) is 4. The molecule has 2 nitrogen and oxygen atoms in total. The Morgan fingerprint density at radius 3 is 3.00 bits per heavy atom. The van der Waals surface area contributed by atoms with Crippen molar-refractivity contribution in [2.75, 3.05) is 6.54 Å². The Labute approximate surface area is 127 Å². The van der Waals surface area contributed by atoms with Gasteiger partial charge in [-0.15, -0.1) is 23.1 Å². The van der Waals surface area contributed by atoms with Crippen molar-refractivity contribution >= 4 is 34.7 Å². The summed E-state index contributed by atoms with van der Waals surface area (Å²) in [5, 5.41) is 5.31. The molecule has 0 amide bonds. The number of hydrogen-bond donors (Lipinski definition) is 1. The number of aromatic nitrogens is 1. The first kappa shape index (κ1) is 14.9. The van der Waals surface area contributed by atoms with Gasteiger partial charge in [-0.25, -0.2) is 4.98 Å². The van der Waals surface area contributed by atoms with E-state index in [4.69, 9.17) is 11.6 Å². The average Bonchev–Trinajstić information content (AvgIpc) is 2.75. The zero-order chi connectivity index (χ0) is 13.7. The summed E-state index contributed by atoms with van der Waals surface area (Å²) in [6.07, 6.45) is 0. The highest BCUT2D eigenvalue weighted by Crippen LogP contribution is 2.28. The van der Waals surface area contributed by atoms with Gasteiger partial charge < -0.3 is 5.32 Å². The van der Waals surface area contributed by atoms with Crippen LogP contribution >= 0.6 is 34.7 Å². The largest absolute Gasteiger partial charge is 0.312 e. The number of thioether (sulfide) groups is 1. The van der Waals surface area contributed by atoms with Crippen molar-refractivity contribution in [3.8, 4) is 0 Å². The van der Waals surface area contributed by atoms with Crippen LogP contribution in [-0.4, -0.2) is 11.5 Å². The van der Waals surface area contributed by atoms with Gasteiger partial charge in [-0.3, -0.25) is 0 Å².